The average Bonchev–Trinajstić information content (AvgIpc) is 3.10. The summed E-state index contributed by atoms with van der Waals surface area (Å²) in [7, 11) is 2.19. The highest BCUT2D eigenvalue weighted by Crippen LogP contribution is 2.38. The van der Waals surface area contributed by atoms with E-state index in [1.54, 1.807) is 11.3 Å². The maximum Gasteiger partial charge on any atom is 0.149 e. The molecule has 108 valence electrons. The van der Waals surface area contributed by atoms with Crippen molar-refractivity contribution in [3.63, 3.8) is 0 Å². The molecule has 3 N–H and O–H groups in total. The highest BCUT2D eigenvalue weighted by atomic mass is 32.1. The Morgan fingerprint density at radius 1 is 1.50 bits per heavy atom. The minimum absolute atomic E-state index is 0.572. The summed E-state index contributed by atoms with van der Waals surface area (Å²) in [5, 5.41) is 7.47. The number of hydrogen-bond acceptors (Lipinski definition) is 7. The minimum Gasteiger partial charge on any atom is -0.382 e. The Kier molecular flexibility index (Phi) is 3.91. The smallest absolute Gasteiger partial charge is 0.149 e. The van der Waals surface area contributed by atoms with Crippen LogP contribution >= 0.6 is 22.9 Å². The third-order valence-corrected chi connectivity index (χ3v) is 5.27. The lowest BCUT2D eigenvalue weighted by atomic mass is 10.3. The van der Waals surface area contributed by atoms with E-state index in [1.807, 2.05) is 12.3 Å². The van der Waals surface area contributed by atoms with Gasteiger partial charge in [-0.15, -0.1) is 11.3 Å². The highest BCUT2D eigenvalue weighted by molar-refractivity contribution is 7.15. The van der Waals surface area contributed by atoms with Crippen LogP contribution in [-0.2, 0) is 0 Å². The first-order valence-electron chi connectivity index (χ1n) is 6.77. The number of thiazole rings is 1. The molecule has 1 aliphatic rings. The Morgan fingerprint density at radius 2 is 2.30 bits per heavy atom. The second kappa shape index (κ2) is 5.67. The van der Waals surface area contributed by atoms with Crippen LogP contribution in [-0.4, -0.2) is 40.4 Å². The van der Waals surface area contributed by atoms with Gasteiger partial charge in [-0.25, -0.2) is 4.98 Å². The summed E-state index contributed by atoms with van der Waals surface area (Å²) in [6.07, 6.45) is 2.68. The van der Waals surface area contributed by atoms with Crippen LogP contribution in [0.4, 0.5) is 10.8 Å². The van der Waals surface area contributed by atoms with E-state index in [4.69, 9.17) is 5.73 Å². The molecule has 7 heteroatoms. The quantitative estimate of drug-likeness (QED) is 0.858. The largest absolute Gasteiger partial charge is 0.382 e. The highest BCUT2D eigenvalue weighted by Gasteiger charge is 2.25. The molecule has 0 radical (unpaired) electrons. The topological polar surface area (TPSA) is 67.1 Å². The number of aromatic nitrogens is 2. The first-order chi connectivity index (χ1) is 9.65. The third-order valence-electron chi connectivity index (χ3n) is 3.47. The molecule has 0 atom stereocenters. The van der Waals surface area contributed by atoms with Gasteiger partial charge in [0.25, 0.3) is 0 Å². The lowest BCUT2D eigenvalue weighted by molar-refractivity contribution is 0.337. The summed E-state index contributed by atoms with van der Waals surface area (Å²) in [5.74, 6) is 0.572. The van der Waals surface area contributed by atoms with E-state index in [0.717, 1.165) is 40.4 Å². The van der Waals surface area contributed by atoms with E-state index in [2.05, 4.69) is 26.6 Å². The number of rotatable bonds is 6. The van der Waals surface area contributed by atoms with E-state index in [1.165, 1.54) is 24.4 Å². The Labute approximate surface area is 127 Å². The lowest BCUT2D eigenvalue weighted by Crippen LogP contribution is -2.26. The van der Waals surface area contributed by atoms with Crippen LogP contribution in [0.3, 0.4) is 0 Å². The molecule has 2 heterocycles. The van der Waals surface area contributed by atoms with Crippen LogP contribution in [0.25, 0.3) is 10.6 Å². The number of nitrogen functional groups attached to an aromatic ring is 1. The molecule has 0 saturated heterocycles. The summed E-state index contributed by atoms with van der Waals surface area (Å²) >= 11 is 3.03. The first kappa shape index (κ1) is 13.8. The van der Waals surface area contributed by atoms with E-state index in [0.29, 0.717) is 5.82 Å². The molecule has 0 spiro atoms. The van der Waals surface area contributed by atoms with Crippen molar-refractivity contribution in [2.24, 2.45) is 0 Å². The van der Waals surface area contributed by atoms with Crippen LogP contribution in [0.1, 0.15) is 18.5 Å². The van der Waals surface area contributed by atoms with Crippen LogP contribution in [0, 0.1) is 6.92 Å². The minimum atomic E-state index is 0.572. The molecule has 0 unspecified atom stereocenters. The van der Waals surface area contributed by atoms with Crippen molar-refractivity contribution in [2.45, 2.75) is 25.8 Å². The number of nitrogens with zero attached hydrogens (tertiary/aromatic N) is 3. The number of hydrogen-bond donors (Lipinski definition) is 2. The fourth-order valence-corrected chi connectivity index (χ4v) is 3.80. The van der Waals surface area contributed by atoms with Crippen molar-refractivity contribution in [2.75, 3.05) is 31.2 Å². The molecule has 1 saturated carbocycles. The van der Waals surface area contributed by atoms with Gasteiger partial charge in [0, 0.05) is 30.2 Å². The predicted octanol–water partition coefficient (Wildman–Crippen LogP) is 2.66. The molecule has 0 aromatic carbocycles. The van der Waals surface area contributed by atoms with Gasteiger partial charge in [0.15, 0.2) is 0 Å². The van der Waals surface area contributed by atoms with Crippen molar-refractivity contribution >= 4 is 33.7 Å². The zero-order valence-corrected chi connectivity index (χ0v) is 13.4. The summed E-state index contributed by atoms with van der Waals surface area (Å²) in [6.45, 7) is 3.94. The maximum atomic E-state index is 5.99. The lowest BCUT2D eigenvalue weighted by Gasteiger charge is -2.15. The monoisotopic (exact) mass is 309 g/mol. The van der Waals surface area contributed by atoms with Crippen molar-refractivity contribution in [1.29, 1.82) is 0 Å². The van der Waals surface area contributed by atoms with Crippen LogP contribution in [0.2, 0.25) is 0 Å². The maximum absolute atomic E-state index is 5.99. The van der Waals surface area contributed by atoms with E-state index >= 15 is 0 Å². The normalized spacial score (nSPS) is 14.9. The Bertz CT molecular complexity index is 587. The predicted molar refractivity (Wildman–Crippen MR) is 86.5 cm³/mol. The van der Waals surface area contributed by atoms with Crippen LogP contribution in [0.5, 0.6) is 0 Å². The van der Waals surface area contributed by atoms with Gasteiger partial charge >= 0.3 is 0 Å². The first-order valence-corrected chi connectivity index (χ1v) is 8.42. The Morgan fingerprint density at radius 3 is 2.95 bits per heavy atom. The molecule has 2 aromatic rings. The van der Waals surface area contributed by atoms with Gasteiger partial charge in [-0.05, 0) is 38.3 Å². The molecule has 5 nitrogen and oxygen atoms in total. The van der Waals surface area contributed by atoms with Crippen molar-refractivity contribution in [3.05, 3.63) is 11.1 Å². The number of nitrogens with two attached hydrogens (primary N) is 1. The van der Waals surface area contributed by atoms with E-state index in [-0.39, 0.29) is 0 Å². The molecule has 20 heavy (non-hydrogen) atoms. The fraction of sp³-hybridized carbons (Fsp3) is 0.538. The molecule has 0 aliphatic heterocycles. The zero-order valence-electron chi connectivity index (χ0n) is 11.7. The van der Waals surface area contributed by atoms with Crippen LogP contribution < -0.4 is 11.1 Å². The molecular formula is C13H19N5S2. The van der Waals surface area contributed by atoms with Gasteiger partial charge < -0.3 is 16.0 Å². The summed E-state index contributed by atoms with van der Waals surface area (Å²) in [4.78, 5) is 6.92. The standard InChI is InChI=1S/C13H19N5S2/c1-8-7-19-13(16-8)10-11(14)17-20-12(10)15-5-6-18(2)9-3-4-9/h7,9,15H,3-6H2,1-2H3,(H2,14,17). The second-order valence-corrected chi connectivity index (χ2v) is 6.84. The van der Waals surface area contributed by atoms with Crippen molar-refractivity contribution < 1.29 is 0 Å². The number of likely N-dealkylation sites (N-methyl/N-ethyl adjacent to an activating group) is 1. The molecule has 0 bridgehead atoms. The van der Waals surface area contributed by atoms with Gasteiger partial charge in [-0.3, -0.25) is 0 Å². The molecule has 1 aliphatic carbocycles. The molecular weight excluding hydrogens is 290 g/mol. The summed E-state index contributed by atoms with van der Waals surface area (Å²) in [5.41, 5.74) is 7.97. The number of nitrogens with one attached hydrogen (secondary N) is 1. The molecule has 2 aromatic heterocycles. The Hall–Kier alpha value is -1.18. The Balaban J connectivity index is 1.67. The fourth-order valence-electron chi connectivity index (χ4n) is 2.14. The SMILES string of the molecule is Cc1csc(-c2c(N)nsc2NCCN(C)C2CC2)n1. The molecule has 1 fully saturated rings. The van der Waals surface area contributed by atoms with E-state index < -0.39 is 0 Å². The van der Waals surface area contributed by atoms with Gasteiger partial charge in [-0.1, -0.05) is 0 Å². The van der Waals surface area contributed by atoms with Crippen LogP contribution in [0.15, 0.2) is 5.38 Å². The van der Waals surface area contributed by atoms with Crippen molar-refractivity contribution in [1.82, 2.24) is 14.3 Å². The van der Waals surface area contributed by atoms with Gasteiger partial charge in [-0.2, -0.15) is 4.37 Å². The second-order valence-electron chi connectivity index (χ2n) is 5.20. The van der Waals surface area contributed by atoms with Gasteiger partial charge in [0.05, 0.1) is 5.56 Å². The van der Waals surface area contributed by atoms with E-state index in [9.17, 15) is 0 Å². The summed E-state index contributed by atoms with van der Waals surface area (Å²) < 4.78 is 4.26. The zero-order chi connectivity index (χ0) is 14.1. The summed E-state index contributed by atoms with van der Waals surface area (Å²) in [6, 6.07) is 0.796. The van der Waals surface area contributed by atoms with Gasteiger partial charge in [0.2, 0.25) is 0 Å². The number of anilines is 2. The van der Waals surface area contributed by atoms with Crippen molar-refractivity contribution in [3.8, 4) is 10.6 Å². The number of aryl methyl sites for hydroxylation is 1. The molecule has 0 amide bonds. The molecule has 3 rings (SSSR count). The average molecular weight is 309 g/mol. The van der Waals surface area contributed by atoms with Gasteiger partial charge in [0.1, 0.15) is 15.8 Å². The third kappa shape index (κ3) is 2.94.